The maximum atomic E-state index is 11.2. The van der Waals surface area contributed by atoms with Gasteiger partial charge in [0.25, 0.3) is 6.17 Å². The number of hydrogen-bond donors (Lipinski definition) is 0. The Balaban J connectivity index is 1.79. The molecule has 4 nitrogen and oxygen atoms in total. The van der Waals surface area contributed by atoms with Crippen LogP contribution in [0.4, 0.5) is 0 Å². The highest BCUT2D eigenvalue weighted by atomic mass is 16.6. The van der Waals surface area contributed by atoms with Gasteiger partial charge >= 0.3 is 0 Å². The molecular weight excluding hydrogens is 228 g/mol. The standard InChI is InChI=1S/C14H18N2O2/c17-16(18)14-13(11-7-3-1-4-8-11)15(14)12-9-5-2-6-10-12/h1,3-4,7-8,12-14H,2,5-6,9-10H2/t13-,14-,15?/m1/s1. The number of benzene rings is 1. The lowest BCUT2D eigenvalue weighted by atomic mass is 9.95. The highest BCUT2D eigenvalue weighted by Gasteiger charge is 2.61. The summed E-state index contributed by atoms with van der Waals surface area (Å²) in [5.41, 5.74) is 1.09. The summed E-state index contributed by atoms with van der Waals surface area (Å²) < 4.78 is 0. The molecule has 0 amide bonds. The Morgan fingerprint density at radius 3 is 2.39 bits per heavy atom. The molecular formula is C14H18N2O2. The van der Waals surface area contributed by atoms with E-state index in [4.69, 9.17) is 0 Å². The third kappa shape index (κ3) is 2.01. The Hall–Kier alpha value is -1.42. The summed E-state index contributed by atoms with van der Waals surface area (Å²) in [6.45, 7) is 0. The Morgan fingerprint density at radius 1 is 1.11 bits per heavy atom. The van der Waals surface area contributed by atoms with Gasteiger partial charge < -0.3 is 0 Å². The minimum atomic E-state index is -0.490. The van der Waals surface area contributed by atoms with E-state index < -0.39 is 6.17 Å². The smallest absolute Gasteiger partial charge is 0.263 e. The zero-order valence-corrected chi connectivity index (χ0v) is 10.4. The quantitative estimate of drug-likeness (QED) is 0.468. The van der Waals surface area contributed by atoms with Crippen LogP contribution in [0.15, 0.2) is 30.3 Å². The summed E-state index contributed by atoms with van der Waals surface area (Å²) in [6, 6.07) is 10.3. The molecule has 1 aromatic carbocycles. The first kappa shape index (κ1) is 11.7. The maximum absolute atomic E-state index is 11.2. The van der Waals surface area contributed by atoms with Gasteiger partial charge in [0.1, 0.15) is 6.04 Å². The van der Waals surface area contributed by atoms with Gasteiger partial charge in [0.05, 0.1) is 0 Å². The monoisotopic (exact) mass is 246 g/mol. The maximum Gasteiger partial charge on any atom is 0.289 e. The van der Waals surface area contributed by atoms with Crippen molar-refractivity contribution >= 4 is 0 Å². The van der Waals surface area contributed by atoms with Crippen molar-refractivity contribution in [3.8, 4) is 0 Å². The van der Waals surface area contributed by atoms with Gasteiger partial charge in [-0.2, -0.15) is 0 Å². The molecule has 0 aromatic heterocycles. The van der Waals surface area contributed by atoms with E-state index in [1.54, 1.807) is 0 Å². The van der Waals surface area contributed by atoms with Crippen LogP contribution in [0.3, 0.4) is 0 Å². The van der Waals surface area contributed by atoms with Crippen LogP contribution in [0.2, 0.25) is 0 Å². The molecule has 1 aliphatic carbocycles. The second kappa shape index (κ2) is 4.69. The summed E-state index contributed by atoms with van der Waals surface area (Å²) in [7, 11) is 0. The molecule has 1 saturated heterocycles. The van der Waals surface area contributed by atoms with Crippen LogP contribution in [-0.4, -0.2) is 22.0 Å². The van der Waals surface area contributed by atoms with Crippen LogP contribution < -0.4 is 0 Å². The Morgan fingerprint density at radius 2 is 1.78 bits per heavy atom. The SMILES string of the molecule is O=[N+]([O-])[C@@H]1[C@@H](c2ccccc2)N1C1CCCCC1. The summed E-state index contributed by atoms with van der Waals surface area (Å²) >= 11 is 0. The second-order valence-corrected chi connectivity index (χ2v) is 5.29. The van der Waals surface area contributed by atoms with Crippen LogP contribution in [-0.2, 0) is 0 Å². The molecule has 1 unspecified atom stereocenters. The molecule has 96 valence electrons. The highest BCUT2D eigenvalue weighted by Crippen LogP contribution is 2.47. The van der Waals surface area contributed by atoms with Gasteiger partial charge in [0.15, 0.2) is 0 Å². The van der Waals surface area contributed by atoms with Crippen LogP contribution in [0.25, 0.3) is 0 Å². The minimum Gasteiger partial charge on any atom is -0.263 e. The number of nitrogens with zero attached hydrogens (tertiary/aromatic N) is 2. The molecule has 4 heteroatoms. The first-order valence-corrected chi connectivity index (χ1v) is 6.75. The van der Waals surface area contributed by atoms with Gasteiger partial charge in [0.2, 0.25) is 0 Å². The van der Waals surface area contributed by atoms with E-state index in [2.05, 4.69) is 4.90 Å². The van der Waals surface area contributed by atoms with Crippen molar-refractivity contribution < 1.29 is 4.92 Å². The lowest BCUT2D eigenvalue weighted by molar-refractivity contribution is -0.508. The number of nitro groups is 1. The van der Waals surface area contributed by atoms with Crippen molar-refractivity contribution in [2.24, 2.45) is 0 Å². The van der Waals surface area contributed by atoms with Crippen molar-refractivity contribution in [1.29, 1.82) is 0 Å². The topological polar surface area (TPSA) is 46.1 Å². The molecule has 0 N–H and O–H groups in total. The number of hydrogen-bond acceptors (Lipinski definition) is 3. The third-order valence-electron chi connectivity index (χ3n) is 4.17. The predicted octanol–water partition coefficient (Wildman–Crippen LogP) is 2.98. The Kier molecular flexibility index (Phi) is 3.04. The average Bonchev–Trinajstić information content (AvgIpc) is 3.16. The zero-order valence-electron chi connectivity index (χ0n) is 10.4. The molecule has 2 fully saturated rings. The van der Waals surface area contributed by atoms with Crippen molar-refractivity contribution in [2.45, 2.75) is 50.4 Å². The molecule has 2 aliphatic rings. The summed E-state index contributed by atoms with van der Waals surface area (Å²) in [5, 5.41) is 11.2. The van der Waals surface area contributed by atoms with Gasteiger partial charge in [-0.3, -0.25) is 10.1 Å². The normalized spacial score (nSPS) is 32.1. The molecule has 3 rings (SSSR count). The first-order chi connectivity index (χ1) is 8.79. The van der Waals surface area contributed by atoms with E-state index in [0.29, 0.717) is 6.04 Å². The molecule has 1 saturated carbocycles. The van der Waals surface area contributed by atoms with Gasteiger partial charge in [-0.1, -0.05) is 49.6 Å². The van der Waals surface area contributed by atoms with Crippen molar-refractivity contribution in [1.82, 2.24) is 4.90 Å². The van der Waals surface area contributed by atoms with Gasteiger partial charge in [-0.15, -0.1) is 0 Å². The molecule has 1 aliphatic heterocycles. The highest BCUT2D eigenvalue weighted by molar-refractivity contribution is 5.25. The largest absolute Gasteiger partial charge is 0.289 e. The molecule has 1 aromatic rings. The van der Waals surface area contributed by atoms with E-state index in [-0.39, 0.29) is 11.0 Å². The Bertz CT molecular complexity index is 429. The molecule has 3 atom stereocenters. The second-order valence-electron chi connectivity index (χ2n) is 5.29. The van der Waals surface area contributed by atoms with Crippen molar-refractivity contribution in [3.05, 3.63) is 46.0 Å². The van der Waals surface area contributed by atoms with Gasteiger partial charge in [-0.05, 0) is 18.4 Å². The van der Waals surface area contributed by atoms with E-state index in [1.165, 1.54) is 19.3 Å². The van der Waals surface area contributed by atoms with Crippen molar-refractivity contribution in [3.63, 3.8) is 0 Å². The molecule has 0 radical (unpaired) electrons. The molecule has 0 spiro atoms. The fourth-order valence-electron chi connectivity index (χ4n) is 3.28. The summed E-state index contributed by atoms with van der Waals surface area (Å²) in [5.74, 6) is 0. The van der Waals surface area contributed by atoms with Crippen LogP contribution in [0, 0.1) is 10.1 Å². The summed E-state index contributed by atoms with van der Waals surface area (Å²) in [4.78, 5) is 13.1. The van der Waals surface area contributed by atoms with Crippen LogP contribution >= 0.6 is 0 Å². The van der Waals surface area contributed by atoms with Crippen LogP contribution in [0.5, 0.6) is 0 Å². The van der Waals surface area contributed by atoms with E-state index in [9.17, 15) is 10.1 Å². The summed E-state index contributed by atoms with van der Waals surface area (Å²) in [6.07, 6.45) is 5.46. The fourth-order valence-corrected chi connectivity index (χ4v) is 3.28. The van der Waals surface area contributed by atoms with Gasteiger partial charge in [-0.25, -0.2) is 4.90 Å². The first-order valence-electron chi connectivity index (χ1n) is 6.75. The minimum absolute atomic E-state index is 0.00398. The van der Waals surface area contributed by atoms with Crippen LogP contribution in [0.1, 0.15) is 43.7 Å². The molecule has 18 heavy (non-hydrogen) atoms. The van der Waals surface area contributed by atoms with Crippen molar-refractivity contribution in [2.75, 3.05) is 0 Å². The fraction of sp³-hybridized carbons (Fsp3) is 0.571. The average molecular weight is 246 g/mol. The van der Waals surface area contributed by atoms with E-state index in [0.717, 1.165) is 18.4 Å². The lowest BCUT2D eigenvalue weighted by Gasteiger charge is -2.22. The van der Waals surface area contributed by atoms with Gasteiger partial charge in [0, 0.05) is 11.0 Å². The lowest BCUT2D eigenvalue weighted by Crippen LogP contribution is -2.25. The predicted molar refractivity (Wildman–Crippen MR) is 68.7 cm³/mol. The molecule has 1 heterocycles. The zero-order chi connectivity index (χ0) is 12.5. The third-order valence-corrected chi connectivity index (χ3v) is 4.17. The van der Waals surface area contributed by atoms with E-state index >= 15 is 0 Å². The van der Waals surface area contributed by atoms with E-state index in [1.807, 2.05) is 30.3 Å². The number of rotatable bonds is 3. The molecule has 0 bridgehead atoms. The Labute approximate surface area is 107 Å².